The Bertz CT molecular complexity index is 6.00. The molecular weight excluding hydrogens is 135 g/mol. The van der Waals surface area contributed by atoms with Crippen LogP contribution in [0.15, 0.2) is 0 Å². The van der Waals surface area contributed by atoms with E-state index in [9.17, 15) is 0 Å². The second-order valence-corrected chi connectivity index (χ2v) is 0. The van der Waals surface area contributed by atoms with E-state index >= 15 is 0 Å². The summed E-state index contributed by atoms with van der Waals surface area (Å²) in [5, 5.41) is 0. The number of hydrogen-bond acceptors (Lipinski definition) is 0. The van der Waals surface area contributed by atoms with Gasteiger partial charge >= 0.3 is 53.0 Å². The predicted octanol–water partition coefficient (Wildman–Crippen LogP) is -3.12. The van der Waals surface area contributed by atoms with E-state index < -0.39 is 0 Å². The van der Waals surface area contributed by atoms with Crippen LogP contribution in [0.2, 0.25) is 0 Å². The van der Waals surface area contributed by atoms with Gasteiger partial charge in [-0.2, -0.15) is 0 Å². The summed E-state index contributed by atoms with van der Waals surface area (Å²) in [6.07, 6.45) is 0. The molecule has 0 aliphatic heterocycles. The first-order valence-electron chi connectivity index (χ1n) is 0. The van der Waals surface area contributed by atoms with E-state index in [0.29, 0.717) is 0 Å². The summed E-state index contributed by atoms with van der Waals surface area (Å²) in [5.41, 5.74) is 0. The van der Waals surface area contributed by atoms with Gasteiger partial charge in [0, 0.05) is 0 Å². The van der Waals surface area contributed by atoms with Crippen molar-refractivity contribution >= 4 is 0 Å². The zero-order valence-electron chi connectivity index (χ0n) is 2.12. The van der Waals surface area contributed by atoms with E-state index in [0.717, 1.165) is 0 Å². The smallest absolute Gasteiger partial charge is 2.00 e. The molecule has 0 aliphatic carbocycles. The maximum absolute atomic E-state index is 0. The molecule has 0 aliphatic rings. The minimum atomic E-state index is 0. The maximum Gasteiger partial charge on any atom is 2.00 e. The van der Waals surface area contributed by atoms with E-state index in [1.165, 1.54) is 0 Å². The van der Waals surface area contributed by atoms with Gasteiger partial charge in [0.1, 0.15) is 0 Å². The summed E-state index contributed by atoms with van der Waals surface area (Å²) in [4.78, 5) is 0. The second-order valence-electron chi connectivity index (χ2n) is 0. The Morgan fingerprint density at radius 2 is 0.750 bits per heavy atom. The molecule has 0 saturated heterocycles. The molecule has 0 bridgehead atoms. The Kier molecular flexibility index (Phi) is 271. The van der Waals surface area contributed by atoms with Crippen molar-refractivity contribution in [1.82, 2.24) is 0 Å². The average molecular weight is 135 g/mol. The molecule has 1 nitrogen and oxygen atoms in total. The van der Waals surface area contributed by atoms with Crippen LogP contribution in [0, 0.1) is 0 Å². The van der Waals surface area contributed by atoms with Gasteiger partial charge < -0.3 is 5.48 Å². The van der Waals surface area contributed by atoms with E-state index in [1.54, 1.807) is 0 Å². The van der Waals surface area contributed by atoms with Crippen molar-refractivity contribution in [3.05, 3.63) is 0 Å². The zero-order chi connectivity index (χ0) is 0. The first-order chi connectivity index (χ1) is 0. The van der Waals surface area contributed by atoms with E-state index in [2.05, 4.69) is 0 Å². The third kappa shape index (κ3) is 9.51. The molecule has 0 unspecified atom stereocenters. The third-order valence-electron chi connectivity index (χ3n) is 0. The standard InChI is InChI=1S/2Fe.Li.O/q2*+2;+1;-2. The van der Waals surface area contributed by atoms with Gasteiger partial charge in [0.05, 0.1) is 0 Å². The van der Waals surface area contributed by atoms with Crippen molar-refractivity contribution in [1.29, 1.82) is 0 Å². The summed E-state index contributed by atoms with van der Waals surface area (Å²) >= 11 is 0. The molecule has 0 radical (unpaired) electrons. The first-order valence-corrected chi connectivity index (χ1v) is 0. The van der Waals surface area contributed by atoms with Crippen LogP contribution in [0.3, 0.4) is 0 Å². The minimum Gasteiger partial charge on any atom is -2.00 e. The van der Waals surface area contributed by atoms with Crippen molar-refractivity contribution in [2.24, 2.45) is 0 Å². The van der Waals surface area contributed by atoms with E-state index in [1.807, 2.05) is 0 Å². The molecule has 0 aromatic rings. The normalized spacial score (nSPS) is 0. The van der Waals surface area contributed by atoms with Crippen LogP contribution in [-0.4, -0.2) is 0 Å². The molecule has 0 N–H and O–H groups in total. The maximum atomic E-state index is 0. The fourth-order valence-corrected chi connectivity index (χ4v) is 0. The van der Waals surface area contributed by atoms with Gasteiger partial charge in [-0.05, 0) is 0 Å². The SMILES string of the molecule is [Fe+2].[Fe+2].[Li+].[O-2]. The monoisotopic (exact) mass is 135 g/mol. The Labute approximate surface area is 58.3 Å². The first kappa shape index (κ1) is 46.4. The summed E-state index contributed by atoms with van der Waals surface area (Å²) in [5.74, 6) is 0. The Morgan fingerprint density at radius 1 is 0.750 bits per heavy atom. The van der Waals surface area contributed by atoms with Gasteiger partial charge in [-0.25, -0.2) is 0 Å². The summed E-state index contributed by atoms with van der Waals surface area (Å²) in [6.45, 7) is 0. The van der Waals surface area contributed by atoms with Crippen molar-refractivity contribution in [2.45, 2.75) is 0 Å². The van der Waals surface area contributed by atoms with Gasteiger partial charge in [-0.1, -0.05) is 0 Å². The van der Waals surface area contributed by atoms with Gasteiger partial charge in [0.25, 0.3) is 0 Å². The second kappa shape index (κ2) is 23.3. The topological polar surface area (TPSA) is 28.5 Å². The molecule has 0 saturated carbocycles. The molecule has 4 heavy (non-hydrogen) atoms. The van der Waals surface area contributed by atoms with Gasteiger partial charge in [0.2, 0.25) is 0 Å². The molecule has 0 atom stereocenters. The minimum absolute atomic E-state index is 0. The van der Waals surface area contributed by atoms with Crippen molar-refractivity contribution in [3.63, 3.8) is 0 Å². The Morgan fingerprint density at radius 3 is 0.750 bits per heavy atom. The van der Waals surface area contributed by atoms with E-state index in [-0.39, 0.29) is 58.5 Å². The number of hydrogen-bond donors (Lipinski definition) is 0. The van der Waals surface area contributed by atoms with Crippen molar-refractivity contribution in [3.8, 4) is 0 Å². The van der Waals surface area contributed by atoms with Gasteiger partial charge in [-0.15, -0.1) is 0 Å². The fraction of sp³-hybridized carbons (Fsp3) is 0. The van der Waals surface area contributed by atoms with Crippen molar-refractivity contribution in [2.75, 3.05) is 0 Å². The van der Waals surface area contributed by atoms with E-state index in [4.69, 9.17) is 0 Å². The molecule has 0 aromatic carbocycles. The van der Waals surface area contributed by atoms with Gasteiger partial charge in [-0.3, -0.25) is 0 Å². The van der Waals surface area contributed by atoms with Crippen LogP contribution < -0.4 is 18.9 Å². The molecule has 0 amide bonds. The molecule has 0 heterocycles. The van der Waals surface area contributed by atoms with Crippen LogP contribution in [0.5, 0.6) is 0 Å². The van der Waals surface area contributed by atoms with Crippen LogP contribution in [0.25, 0.3) is 0 Å². The van der Waals surface area contributed by atoms with Crippen LogP contribution in [0.4, 0.5) is 0 Å². The molecular formula is Fe2LiO+3. The Balaban J connectivity index is 0. The number of rotatable bonds is 0. The van der Waals surface area contributed by atoms with Gasteiger partial charge in [0.15, 0.2) is 0 Å². The fourth-order valence-electron chi connectivity index (χ4n) is 0. The predicted molar refractivity (Wildman–Crippen MR) is 0.686 cm³/mol. The van der Waals surface area contributed by atoms with Crippen LogP contribution in [-0.2, 0) is 39.6 Å². The molecule has 0 aromatic heterocycles. The molecule has 20 valence electrons. The molecule has 4 heteroatoms. The third-order valence-corrected chi connectivity index (χ3v) is 0. The summed E-state index contributed by atoms with van der Waals surface area (Å²) in [7, 11) is 0. The summed E-state index contributed by atoms with van der Waals surface area (Å²) < 4.78 is 0. The van der Waals surface area contributed by atoms with Crippen LogP contribution >= 0.6 is 0 Å². The Hall–Kier alpha value is 1.60. The van der Waals surface area contributed by atoms with Crippen molar-refractivity contribution < 1.29 is 58.5 Å². The molecule has 0 rings (SSSR count). The molecule has 0 fully saturated rings. The summed E-state index contributed by atoms with van der Waals surface area (Å²) in [6, 6.07) is 0. The largest absolute Gasteiger partial charge is 2.00 e. The quantitative estimate of drug-likeness (QED) is 0.314. The molecule has 0 spiro atoms. The zero-order valence-corrected chi connectivity index (χ0v) is 4.32. The average Bonchev–Trinajstić information content (AvgIpc) is 0. The van der Waals surface area contributed by atoms with Crippen LogP contribution in [0.1, 0.15) is 0 Å².